The van der Waals surface area contributed by atoms with Gasteiger partial charge >= 0.3 is 0 Å². The first-order valence-electron chi connectivity index (χ1n) is 7.77. The van der Waals surface area contributed by atoms with E-state index in [4.69, 9.17) is 0 Å². The van der Waals surface area contributed by atoms with E-state index < -0.39 is 0 Å². The summed E-state index contributed by atoms with van der Waals surface area (Å²) in [7, 11) is 0. The Kier molecular flexibility index (Phi) is 3.28. The van der Waals surface area contributed by atoms with E-state index in [9.17, 15) is 0 Å². The molecule has 108 valence electrons. The zero-order valence-electron chi connectivity index (χ0n) is 13.7. The Hall–Kier alpha value is -1.82. The van der Waals surface area contributed by atoms with Crippen molar-refractivity contribution >= 4 is 5.57 Å². The molecular weight excluding hydrogens is 252 g/mol. The zero-order chi connectivity index (χ0) is 15.2. The molecule has 0 fully saturated rings. The minimum absolute atomic E-state index is 0.214. The average molecular weight is 276 g/mol. The summed E-state index contributed by atoms with van der Waals surface area (Å²) in [5.74, 6) is 0. The third kappa shape index (κ3) is 2.44. The van der Waals surface area contributed by atoms with Gasteiger partial charge in [0.15, 0.2) is 0 Å². The normalized spacial score (nSPS) is 14.5. The molecule has 0 heteroatoms. The minimum Gasteiger partial charge on any atom is -0.0654 e. The summed E-state index contributed by atoms with van der Waals surface area (Å²) in [5.41, 5.74) is 10.2. The van der Waals surface area contributed by atoms with E-state index >= 15 is 0 Å². The highest BCUT2D eigenvalue weighted by Gasteiger charge is 2.19. The monoisotopic (exact) mass is 276 g/mol. The maximum absolute atomic E-state index is 2.28. The first-order valence-corrected chi connectivity index (χ1v) is 7.77. The summed E-state index contributed by atoms with van der Waals surface area (Å²) >= 11 is 0. The van der Waals surface area contributed by atoms with Gasteiger partial charge < -0.3 is 0 Å². The lowest BCUT2D eigenvalue weighted by Crippen LogP contribution is -2.10. The van der Waals surface area contributed by atoms with Gasteiger partial charge in [0.25, 0.3) is 0 Å². The molecule has 1 aliphatic rings. The second kappa shape index (κ2) is 4.87. The van der Waals surface area contributed by atoms with E-state index in [1.54, 1.807) is 0 Å². The van der Waals surface area contributed by atoms with Crippen LogP contribution in [0.5, 0.6) is 0 Å². The van der Waals surface area contributed by atoms with Gasteiger partial charge in [-0.2, -0.15) is 0 Å². The van der Waals surface area contributed by atoms with E-state index in [-0.39, 0.29) is 5.41 Å². The van der Waals surface area contributed by atoms with Crippen LogP contribution < -0.4 is 0 Å². The molecule has 0 saturated carbocycles. The smallest absolute Gasteiger partial charge is 0.00517 e. The molecule has 0 spiro atoms. The molecule has 0 aliphatic heterocycles. The summed E-state index contributed by atoms with van der Waals surface area (Å²) < 4.78 is 0. The summed E-state index contributed by atoms with van der Waals surface area (Å²) in [6, 6.07) is 15.8. The van der Waals surface area contributed by atoms with E-state index in [1.165, 1.54) is 39.0 Å². The van der Waals surface area contributed by atoms with Crippen LogP contribution in [-0.4, -0.2) is 0 Å². The van der Waals surface area contributed by atoms with Crippen molar-refractivity contribution in [1.29, 1.82) is 0 Å². The highest BCUT2D eigenvalue weighted by atomic mass is 14.2. The van der Waals surface area contributed by atoms with Crippen molar-refractivity contribution in [3.63, 3.8) is 0 Å². The molecule has 0 atom stereocenters. The van der Waals surface area contributed by atoms with Gasteiger partial charge in [-0.05, 0) is 59.1 Å². The standard InChI is InChI=1S/C21H24/c1-14-13-20-18(15(14)2)7-6-8-19(20)16-9-11-17(12-10-16)21(3,4)5/h6-12H,13H2,1-5H3. The Labute approximate surface area is 128 Å². The first kappa shape index (κ1) is 14.1. The summed E-state index contributed by atoms with van der Waals surface area (Å²) in [5, 5.41) is 0. The average Bonchev–Trinajstić information content (AvgIpc) is 2.74. The molecule has 0 nitrogen and oxygen atoms in total. The van der Waals surface area contributed by atoms with Gasteiger partial charge in [0, 0.05) is 0 Å². The molecule has 1 aliphatic carbocycles. The van der Waals surface area contributed by atoms with Crippen LogP contribution >= 0.6 is 0 Å². The quantitative estimate of drug-likeness (QED) is 0.599. The van der Waals surface area contributed by atoms with Crippen molar-refractivity contribution in [1.82, 2.24) is 0 Å². The molecule has 0 heterocycles. The van der Waals surface area contributed by atoms with Crippen LogP contribution in [0.4, 0.5) is 0 Å². The molecule has 21 heavy (non-hydrogen) atoms. The van der Waals surface area contributed by atoms with Crippen LogP contribution in [0.15, 0.2) is 48.0 Å². The fraction of sp³-hybridized carbons (Fsp3) is 0.333. The summed E-state index contributed by atoms with van der Waals surface area (Å²) in [6.45, 7) is 11.3. The number of allylic oxidation sites excluding steroid dienone is 2. The lowest BCUT2D eigenvalue weighted by molar-refractivity contribution is 0.590. The van der Waals surface area contributed by atoms with E-state index in [0.29, 0.717) is 0 Å². The van der Waals surface area contributed by atoms with E-state index in [0.717, 1.165) is 6.42 Å². The number of rotatable bonds is 1. The molecule has 2 aromatic rings. The zero-order valence-corrected chi connectivity index (χ0v) is 13.7. The van der Waals surface area contributed by atoms with Crippen molar-refractivity contribution in [2.75, 3.05) is 0 Å². The van der Waals surface area contributed by atoms with Crippen LogP contribution in [0.3, 0.4) is 0 Å². The Balaban J connectivity index is 2.05. The predicted octanol–water partition coefficient (Wildman–Crippen LogP) is 6.00. The first-order chi connectivity index (χ1) is 9.88. The van der Waals surface area contributed by atoms with Crippen molar-refractivity contribution in [2.45, 2.75) is 46.5 Å². The third-order valence-electron chi connectivity index (χ3n) is 4.72. The topological polar surface area (TPSA) is 0 Å². The Morgan fingerprint density at radius 2 is 1.43 bits per heavy atom. The van der Waals surface area contributed by atoms with Crippen LogP contribution in [0.2, 0.25) is 0 Å². The van der Waals surface area contributed by atoms with Gasteiger partial charge in [-0.1, -0.05) is 68.8 Å². The predicted molar refractivity (Wildman–Crippen MR) is 92.6 cm³/mol. The Morgan fingerprint density at radius 3 is 2.05 bits per heavy atom. The molecule has 0 saturated heterocycles. The fourth-order valence-corrected chi connectivity index (χ4v) is 3.18. The van der Waals surface area contributed by atoms with Gasteiger partial charge in [-0.25, -0.2) is 0 Å². The largest absolute Gasteiger partial charge is 0.0654 e. The lowest BCUT2D eigenvalue weighted by atomic mass is 9.85. The van der Waals surface area contributed by atoms with Gasteiger partial charge in [-0.3, -0.25) is 0 Å². The molecule has 0 radical (unpaired) electrons. The highest BCUT2D eigenvalue weighted by molar-refractivity contribution is 5.82. The molecule has 0 aromatic heterocycles. The van der Waals surface area contributed by atoms with Crippen molar-refractivity contribution in [3.05, 3.63) is 64.7 Å². The molecule has 3 rings (SSSR count). The molecule has 0 N–H and O–H groups in total. The molecule has 0 unspecified atom stereocenters. The Bertz CT molecular complexity index is 707. The Morgan fingerprint density at radius 1 is 0.810 bits per heavy atom. The number of hydrogen-bond acceptors (Lipinski definition) is 0. The second-order valence-corrected chi connectivity index (χ2v) is 7.24. The van der Waals surface area contributed by atoms with Crippen LogP contribution in [0, 0.1) is 0 Å². The molecule has 0 bridgehead atoms. The molecular formula is C21H24. The van der Waals surface area contributed by atoms with Crippen molar-refractivity contribution in [2.24, 2.45) is 0 Å². The van der Waals surface area contributed by atoms with Gasteiger partial charge in [0.2, 0.25) is 0 Å². The number of hydrogen-bond donors (Lipinski definition) is 0. The summed E-state index contributed by atoms with van der Waals surface area (Å²) in [6.07, 6.45) is 1.10. The van der Waals surface area contributed by atoms with Gasteiger partial charge in [0.05, 0.1) is 0 Å². The summed E-state index contributed by atoms with van der Waals surface area (Å²) in [4.78, 5) is 0. The van der Waals surface area contributed by atoms with Gasteiger partial charge in [-0.15, -0.1) is 0 Å². The van der Waals surface area contributed by atoms with Crippen LogP contribution in [-0.2, 0) is 11.8 Å². The van der Waals surface area contributed by atoms with Crippen LogP contribution in [0.25, 0.3) is 16.7 Å². The molecule has 2 aromatic carbocycles. The van der Waals surface area contributed by atoms with Crippen molar-refractivity contribution < 1.29 is 0 Å². The van der Waals surface area contributed by atoms with E-state index in [2.05, 4.69) is 77.1 Å². The SMILES string of the molecule is CC1=C(C)c2cccc(-c3ccc(C(C)(C)C)cc3)c2C1. The maximum atomic E-state index is 2.28. The lowest BCUT2D eigenvalue weighted by Gasteiger charge is -2.19. The van der Waals surface area contributed by atoms with Crippen LogP contribution in [0.1, 0.15) is 51.3 Å². The van der Waals surface area contributed by atoms with E-state index in [1.807, 2.05) is 0 Å². The number of fused-ring (bicyclic) bond motifs is 1. The number of benzene rings is 2. The minimum atomic E-state index is 0.214. The highest BCUT2D eigenvalue weighted by Crippen LogP contribution is 2.38. The van der Waals surface area contributed by atoms with Crippen molar-refractivity contribution in [3.8, 4) is 11.1 Å². The maximum Gasteiger partial charge on any atom is -0.00517 e. The second-order valence-electron chi connectivity index (χ2n) is 7.24. The third-order valence-corrected chi connectivity index (χ3v) is 4.72. The fourth-order valence-electron chi connectivity index (χ4n) is 3.18. The molecule has 0 amide bonds. The van der Waals surface area contributed by atoms with Gasteiger partial charge in [0.1, 0.15) is 0 Å².